The minimum atomic E-state index is -0.0606. The molecule has 25 heavy (non-hydrogen) atoms. The van der Waals surface area contributed by atoms with Gasteiger partial charge < -0.3 is 16.0 Å². The van der Waals surface area contributed by atoms with Gasteiger partial charge in [0.15, 0.2) is 0 Å². The molecule has 1 fully saturated rings. The van der Waals surface area contributed by atoms with Crippen molar-refractivity contribution >= 4 is 43.1 Å². The number of carbonyl (C=O) groups excluding carboxylic acids is 1. The monoisotopic (exact) mass is 412 g/mol. The highest BCUT2D eigenvalue weighted by Crippen LogP contribution is 2.08. The summed E-state index contributed by atoms with van der Waals surface area (Å²) in [6.45, 7) is 7.56. The molecule has 1 heterocycles. The van der Waals surface area contributed by atoms with Crippen LogP contribution in [0.1, 0.15) is 18.4 Å². The highest BCUT2D eigenvalue weighted by Gasteiger charge is 2.16. The molecular weight excluding hydrogens is 383 g/mol. The van der Waals surface area contributed by atoms with Crippen LogP contribution in [-0.4, -0.2) is 61.5 Å². The Kier molecular flexibility index (Phi) is 16.7. The van der Waals surface area contributed by atoms with Crippen molar-refractivity contribution in [2.75, 3.05) is 45.8 Å². The topological polar surface area (TPSA) is 61.6 Å². The van der Waals surface area contributed by atoms with Gasteiger partial charge in [-0.1, -0.05) is 30.3 Å². The summed E-state index contributed by atoms with van der Waals surface area (Å²) >= 11 is 0. The predicted molar refractivity (Wildman–Crippen MR) is 111 cm³/mol. The van der Waals surface area contributed by atoms with E-state index in [1.165, 1.54) is 5.56 Å². The molecule has 0 unspecified atom stereocenters. The summed E-state index contributed by atoms with van der Waals surface area (Å²) in [6, 6.07) is 10.7. The van der Waals surface area contributed by atoms with Crippen LogP contribution < -0.4 is 11.1 Å². The number of nitrogens with one attached hydrogen (secondary N) is 1. The van der Waals surface area contributed by atoms with Gasteiger partial charge >= 0.3 is 0 Å². The third-order valence-corrected chi connectivity index (χ3v) is 4.12. The van der Waals surface area contributed by atoms with Crippen molar-refractivity contribution in [2.24, 2.45) is 5.73 Å². The Labute approximate surface area is 169 Å². The van der Waals surface area contributed by atoms with Crippen LogP contribution in [0.2, 0.25) is 0 Å². The second kappa shape index (κ2) is 15.7. The van der Waals surface area contributed by atoms with Crippen molar-refractivity contribution in [2.45, 2.75) is 19.4 Å². The number of amides is 1. The van der Waals surface area contributed by atoms with Crippen LogP contribution in [0.3, 0.4) is 0 Å². The second-order valence-corrected chi connectivity index (χ2v) is 5.86. The van der Waals surface area contributed by atoms with Crippen LogP contribution in [0.4, 0.5) is 0 Å². The van der Waals surface area contributed by atoms with Gasteiger partial charge in [-0.2, -0.15) is 0 Å². The fourth-order valence-electron chi connectivity index (χ4n) is 2.77. The van der Waals surface area contributed by atoms with E-state index in [0.29, 0.717) is 0 Å². The molecular formula is C17H31Cl3N4O. The quantitative estimate of drug-likeness (QED) is 0.639. The molecule has 0 aromatic heterocycles. The van der Waals surface area contributed by atoms with E-state index in [-0.39, 0.29) is 49.7 Å². The summed E-state index contributed by atoms with van der Waals surface area (Å²) in [7, 11) is 0. The van der Waals surface area contributed by atoms with Crippen LogP contribution >= 0.6 is 37.2 Å². The van der Waals surface area contributed by atoms with Gasteiger partial charge in [-0.3, -0.25) is 9.69 Å². The van der Waals surface area contributed by atoms with Gasteiger partial charge in [0.1, 0.15) is 0 Å². The third-order valence-electron chi connectivity index (χ3n) is 4.12. The molecule has 1 aromatic rings. The number of piperazine rings is 1. The fraction of sp³-hybridized carbons (Fsp3) is 0.588. The number of benzene rings is 1. The number of unbranched alkanes of at least 4 members (excludes halogenated alkanes) is 1. The van der Waals surface area contributed by atoms with E-state index in [1.807, 2.05) is 0 Å². The summed E-state index contributed by atoms with van der Waals surface area (Å²) in [6.07, 6.45) is 2.15. The highest BCUT2D eigenvalue weighted by molar-refractivity contribution is 5.86. The molecule has 2 rings (SSSR count). The zero-order valence-electron chi connectivity index (χ0n) is 14.6. The maximum absolute atomic E-state index is 11.0. The van der Waals surface area contributed by atoms with E-state index in [0.717, 1.165) is 58.7 Å². The molecule has 0 bridgehead atoms. The number of nitrogens with two attached hydrogens (primary N) is 1. The van der Waals surface area contributed by atoms with E-state index >= 15 is 0 Å². The molecule has 3 N–H and O–H groups in total. The molecule has 0 spiro atoms. The normalized spacial score (nSPS) is 14.6. The molecule has 1 aromatic carbocycles. The van der Waals surface area contributed by atoms with E-state index < -0.39 is 0 Å². The van der Waals surface area contributed by atoms with Gasteiger partial charge in [-0.15, -0.1) is 37.2 Å². The number of nitrogens with zero attached hydrogens (tertiary/aromatic N) is 2. The van der Waals surface area contributed by atoms with Crippen LogP contribution in [0.5, 0.6) is 0 Å². The fourth-order valence-corrected chi connectivity index (χ4v) is 2.77. The average molecular weight is 414 g/mol. The lowest BCUT2D eigenvalue weighted by Gasteiger charge is -2.34. The maximum Gasteiger partial charge on any atom is 0.233 e. The maximum atomic E-state index is 11.0. The van der Waals surface area contributed by atoms with Crippen molar-refractivity contribution < 1.29 is 4.79 Å². The minimum Gasteiger partial charge on any atom is -0.355 e. The van der Waals surface area contributed by atoms with Gasteiger partial charge in [0.25, 0.3) is 0 Å². The smallest absolute Gasteiger partial charge is 0.233 e. The standard InChI is InChI=1S/C17H28N4O.3ClH/c18-14-17(22)19-8-4-5-9-20-10-12-21(13-11-20)15-16-6-2-1-3-7-16;;;/h1-3,6-7H,4-5,8-15,18H2,(H,19,22);3*1H. The summed E-state index contributed by atoms with van der Waals surface area (Å²) in [4.78, 5) is 16.1. The van der Waals surface area contributed by atoms with Crippen LogP contribution in [0.15, 0.2) is 30.3 Å². The van der Waals surface area contributed by atoms with Gasteiger partial charge in [-0.25, -0.2) is 0 Å². The largest absolute Gasteiger partial charge is 0.355 e. The number of hydrogen-bond donors (Lipinski definition) is 2. The van der Waals surface area contributed by atoms with Crippen LogP contribution in [0.25, 0.3) is 0 Å². The first kappa shape index (κ1) is 26.7. The predicted octanol–water partition coefficient (Wildman–Crippen LogP) is 1.92. The number of hydrogen-bond acceptors (Lipinski definition) is 4. The summed E-state index contributed by atoms with van der Waals surface area (Å²) in [5.74, 6) is -0.0606. The molecule has 1 aliphatic heterocycles. The van der Waals surface area contributed by atoms with Crippen LogP contribution in [-0.2, 0) is 11.3 Å². The Balaban J connectivity index is 0. The highest BCUT2D eigenvalue weighted by atomic mass is 35.5. The molecule has 1 amide bonds. The van der Waals surface area contributed by atoms with E-state index in [2.05, 4.69) is 45.4 Å². The number of rotatable bonds is 8. The lowest BCUT2D eigenvalue weighted by atomic mass is 10.2. The molecule has 8 heteroatoms. The van der Waals surface area contributed by atoms with Gasteiger partial charge in [0.2, 0.25) is 5.91 Å². The van der Waals surface area contributed by atoms with E-state index in [1.54, 1.807) is 0 Å². The van der Waals surface area contributed by atoms with Crippen molar-refractivity contribution in [3.63, 3.8) is 0 Å². The molecule has 1 aliphatic rings. The lowest BCUT2D eigenvalue weighted by Crippen LogP contribution is -2.46. The zero-order valence-corrected chi connectivity index (χ0v) is 17.0. The first-order chi connectivity index (χ1) is 10.8. The third kappa shape index (κ3) is 10.9. The van der Waals surface area contributed by atoms with Gasteiger partial charge in [-0.05, 0) is 24.9 Å². The number of halogens is 3. The van der Waals surface area contributed by atoms with Crippen LogP contribution in [0, 0.1) is 0 Å². The Morgan fingerprint density at radius 1 is 0.960 bits per heavy atom. The number of carbonyl (C=O) groups is 1. The Hall–Kier alpha value is -0.560. The lowest BCUT2D eigenvalue weighted by molar-refractivity contribution is -0.119. The first-order valence-electron chi connectivity index (χ1n) is 8.23. The first-order valence-corrected chi connectivity index (χ1v) is 8.23. The molecule has 0 saturated carbocycles. The van der Waals surface area contributed by atoms with Gasteiger partial charge in [0.05, 0.1) is 6.54 Å². The average Bonchev–Trinajstić information content (AvgIpc) is 2.57. The molecule has 0 aliphatic carbocycles. The molecule has 146 valence electrons. The van der Waals surface area contributed by atoms with E-state index in [9.17, 15) is 4.79 Å². The van der Waals surface area contributed by atoms with Crippen molar-refractivity contribution in [3.05, 3.63) is 35.9 Å². The van der Waals surface area contributed by atoms with Gasteiger partial charge in [0, 0.05) is 39.3 Å². The Morgan fingerprint density at radius 2 is 1.56 bits per heavy atom. The van der Waals surface area contributed by atoms with Crippen molar-refractivity contribution in [1.82, 2.24) is 15.1 Å². The summed E-state index contributed by atoms with van der Waals surface area (Å²) in [5.41, 5.74) is 6.64. The van der Waals surface area contributed by atoms with Crippen molar-refractivity contribution in [3.8, 4) is 0 Å². The summed E-state index contributed by atoms with van der Waals surface area (Å²) < 4.78 is 0. The second-order valence-electron chi connectivity index (χ2n) is 5.86. The molecule has 0 atom stereocenters. The zero-order chi connectivity index (χ0) is 15.6. The molecule has 5 nitrogen and oxygen atoms in total. The molecule has 0 radical (unpaired) electrons. The van der Waals surface area contributed by atoms with E-state index in [4.69, 9.17) is 5.73 Å². The van der Waals surface area contributed by atoms with Crippen molar-refractivity contribution in [1.29, 1.82) is 0 Å². The SMILES string of the molecule is Cl.Cl.Cl.NCC(=O)NCCCCN1CCN(Cc2ccccc2)CC1. The summed E-state index contributed by atoms with van der Waals surface area (Å²) in [5, 5.41) is 2.81. The minimum absolute atomic E-state index is 0. The Bertz CT molecular complexity index is 443. The Morgan fingerprint density at radius 3 is 2.16 bits per heavy atom. The molecule has 1 saturated heterocycles.